The van der Waals surface area contributed by atoms with Crippen molar-refractivity contribution in [1.29, 1.82) is 0 Å². The Morgan fingerprint density at radius 3 is 2.69 bits per heavy atom. The van der Waals surface area contributed by atoms with Gasteiger partial charge >= 0.3 is 0 Å². The summed E-state index contributed by atoms with van der Waals surface area (Å²) in [5.74, 6) is 0.849. The van der Waals surface area contributed by atoms with Gasteiger partial charge in [0, 0.05) is 6.04 Å². The van der Waals surface area contributed by atoms with Crippen LogP contribution in [-0.4, -0.2) is 43.7 Å². The van der Waals surface area contributed by atoms with Crippen LogP contribution in [0.1, 0.15) is 33.1 Å². The van der Waals surface area contributed by atoms with Gasteiger partial charge in [0.2, 0.25) is 0 Å². The molecule has 0 radical (unpaired) electrons. The second-order valence-corrected chi connectivity index (χ2v) is 7.24. The first kappa shape index (κ1) is 13.9. The van der Waals surface area contributed by atoms with Crippen molar-refractivity contribution in [2.24, 2.45) is 5.92 Å². The van der Waals surface area contributed by atoms with E-state index in [0.717, 1.165) is 12.8 Å². The average molecular weight is 249 g/mol. The number of hydrogen-bond donors (Lipinski definition) is 2. The first-order valence-electron chi connectivity index (χ1n) is 6.02. The molecule has 1 aliphatic rings. The fourth-order valence-corrected chi connectivity index (χ4v) is 3.62. The van der Waals surface area contributed by atoms with E-state index in [0.29, 0.717) is 18.7 Å². The maximum atomic E-state index is 11.4. The van der Waals surface area contributed by atoms with Gasteiger partial charge in [-0.1, -0.05) is 13.8 Å². The Balaban J connectivity index is 2.23. The van der Waals surface area contributed by atoms with E-state index in [1.54, 1.807) is 0 Å². The molecule has 4 nitrogen and oxygen atoms in total. The van der Waals surface area contributed by atoms with E-state index < -0.39 is 9.84 Å². The van der Waals surface area contributed by atoms with Crippen molar-refractivity contribution in [3.63, 3.8) is 0 Å². The van der Waals surface area contributed by atoms with Gasteiger partial charge in [-0.3, -0.25) is 0 Å². The van der Waals surface area contributed by atoms with Crippen molar-refractivity contribution in [1.82, 2.24) is 5.32 Å². The zero-order valence-electron chi connectivity index (χ0n) is 10.1. The van der Waals surface area contributed by atoms with Gasteiger partial charge in [0.1, 0.15) is 0 Å². The highest BCUT2D eigenvalue weighted by Gasteiger charge is 2.24. The lowest BCUT2D eigenvalue weighted by atomic mass is 10.0. The van der Waals surface area contributed by atoms with Crippen LogP contribution in [0.4, 0.5) is 0 Å². The van der Waals surface area contributed by atoms with Crippen LogP contribution in [0.2, 0.25) is 0 Å². The van der Waals surface area contributed by atoms with Crippen LogP contribution in [0, 0.1) is 5.92 Å². The molecule has 2 unspecified atom stereocenters. The third-order valence-corrected chi connectivity index (χ3v) is 4.93. The molecular formula is C11H23NO3S. The van der Waals surface area contributed by atoms with E-state index >= 15 is 0 Å². The van der Waals surface area contributed by atoms with Crippen LogP contribution >= 0.6 is 0 Å². The molecule has 1 saturated heterocycles. The van der Waals surface area contributed by atoms with Crippen LogP contribution < -0.4 is 5.32 Å². The second kappa shape index (κ2) is 5.98. The van der Waals surface area contributed by atoms with Crippen LogP contribution in [-0.2, 0) is 9.84 Å². The van der Waals surface area contributed by atoms with Gasteiger partial charge < -0.3 is 10.4 Å². The number of rotatable bonds is 5. The highest BCUT2D eigenvalue weighted by molar-refractivity contribution is 7.91. The monoisotopic (exact) mass is 249 g/mol. The Morgan fingerprint density at radius 2 is 2.12 bits per heavy atom. The van der Waals surface area contributed by atoms with E-state index in [4.69, 9.17) is 0 Å². The van der Waals surface area contributed by atoms with E-state index in [2.05, 4.69) is 5.32 Å². The Kier molecular flexibility index (Phi) is 5.21. The van der Waals surface area contributed by atoms with Crippen molar-refractivity contribution in [2.45, 2.75) is 45.3 Å². The lowest BCUT2D eigenvalue weighted by Crippen LogP contribution is -2.41. The number of aliphatic hydroxyl groups is 1. The summed E-state index contributed by atoms with van der Waals surface area (Å²) in [6.45, 7) is 4.66. The van der Waals surface area contributed by atoms with E-state index in [-0.39, 0.29) is 23.8 Å². The topological polar surface area (TPSA) is 66.4 Å². The molecule has 0 spiro atoms. The average Bonchev–Trinajstić information content (AvgIpc) is 2.15. The molecule has 96 valence electrons. The molecule has 1 heterocycles. The molecule has 2 N–H and O–H groups in total. The first-order chi connectivity index (χ1) is 7.41. The highest BCUT2D eigenvalue weighted by Crippen LogP contribution is 2.12. The standard InChI is InChI=1S/C11H23NO3S/c1-9(2)11(13)5-6-12-10-4-3-7-16(14,15)8-10/h9-13H,3-8H2,1-2H3. The molecule has 1 aliphatic heterocycles. The number of aliphatic hydroxyl groups excluding tert-OH is 1. The molecule has 0 aromatic rings. The number of sulfone groups is 1. The maximum absolute atomic E-state index is 11.4. The molecule has 5 heteroatoms. The highest BCUT2D eigenvalue weighted by atomic mass is 32.2. The summed E-state index contributed by atoms with van der Waals surface area (Å²) in [5.41, 5.74) is 0. The van der Waals surface area contributed by atoms with E-state index in [1.165, 1.54) is 0 Å². The third kappa shape index (κ3) is 4.80. The quantitative estimate of drug-likeness (QED) is 0.747. The van der Waals surface area contributed by atoms with Gasteiger partial charge in [0.05, 0.1) is 17.6 Å². The Labute approximate surface area is 98.4 Å². The summed E-state index contributed by atoms with van der Waals surface area (Å²) >= 11 is 0. The van der Waals surface area contributed by atoms with Gasteiger partial charge in [0.15, 0.2) is 9.84 Å². The molecule has 1 rings (SSSR count). The van der Waals surface area contributed by atoms with Crippen molar-refractivity contribution < 1.29 is 13.5 Å². The summed E-state index contributed by atoms with van der Waals surface area (Å²) < 4.78 is 22.8. The van der Waals surface area contributed by atoms with Crippen LogP contribution in [0.3, 0.4) is 0 Å². The summed E-state index contributed by atoms with van der Waals surface area (Å²) in [6, 6.07) is 0.0816. The fraction of sp³-hybridized carbons (Fsp3) is 1.00. The summed E-state index contributed by atoms with van der Waals surface area (Å²) in [4.78, 5) is 0. The predicted molar refractivity (Wildman–Crippen MR) is 65.1 cm³/mol. The normalized spacial score (nSPS) is 26.9. The molecule has 0 aliphatic carbocycles. The molecule has 0 amide bonds. The van der Waals surface area contributed by atoms with Crippen LogP contribution in [0.15, 0.2) is 0 Å². The molecule has 0 bridgehead atoms. The van der Waals surface area contributed by atoms with Crippen LogP contribution in [0.5, 0.6) is 0 Å². The second-order valence-electron chi connectivity index (χ2n) is 5.01. The Morgan fingerprint density at radius 1 is 1.44 bits per heavy atom. The van der Waals surface area contributed by atoms with Gasteiger partial charge in [-0.2, -0.15) is 0 Å². The molecule has 0 aromatic carbocycles. The Bertz CT molecular complexity index is 300. The van der Waals surface area contributed by atoms with Gasteiger partial charge in [-0.25, -0.2) is 8.42 Å². The molecule has 0 saturated carbocycles. The van der Waals surface area contributed by atoms with E-state index in [1.807, 2.05) is 13.8 Å². The third-order valence-electron chi connectivity index (χ3n) is 3.11. The minimum atomic E-state index is -2.82. The largest absolute Gasteiger partial charge is 0.393 e. The first-order valence-corrected chi connectivity index (χ1v) is 7.85. The summed E-state index contributed by atoms with van der Waals surface area (Å²) in [7, 11) is -2.82. The smallest absolute Gasteiger partial charge is 0.151 e. The van der Waals surface area contributed by atoms with Crippen molar-refractivity contribution in [3.05, 3.63) is 0 Å². The van der Waals surface area contributed by atoms with Crippen molar-refractivity contribution in [2.75, 3.05) is 18.1 Å². The summed E-state index contributed by atoms with van der Waals surface area (Å²) in [5, 5.41) is 12.8. The number of hydrogen-bond acceptors (Lipinski definition) is 4. The van der Waals surface area contributed by atoms with Gasteiger partial charge in [-0.15, -0.1) is 0 Å². The predicted octanol–water partition coefficient (Wildman–Crippen LogP) is 0.560. The SMILES string of the molecule is CC(C)C(O)CCNC1CCCS(=O)(=O)C1. The van der Waals surface area contributed by atoms with E-state index in [9.17, 15) is 13.5 Å². The maximum Gasteiger partial charge on any atom is 0.151 e. The fourth-order valence-electron chi connectivity index (χ4n) is 1.95. The zero-order valence-corrected chi connectivity index (χ0v) is 11.0. The molecular weight excluding hydrogens is 226 g/mol. The van der Waals surface area contributed by atoms with Gasteiger partial charge in [0.25, 0.3) is 0 Å². The molecule has 2 atom stereocenters. The minimum Gasteiger partial charge on any atom is -0.393 e. The molecule has 0 aromatic heterocycles. The molecule has 16 heavy (non-hydrogen) atoms. The lowest BCUT2D eigenvalue weighted by molar-refractivity contribution is 0.115. The Hall–Kier alpha value is -0.130. The zero-order chi connectivity index (χ0) is 12.2. The van der Waals surface area contributed by atoms with Gasteiger partial charge in [-0.05, 0) is 31.7 Å². The molecule has 1 fully saturated rings. The lowest BCUT2D eigenvalue weighted by Gasteiger charge is -2.24. The minimum absolute atomic E-state index is 0.0816. The van der Waals surface area contributed by atoms with Crippen molar-refractivity contribution in [3.8, 4) is 0 Å². The summed E-state index contributed by atoms with van der Waals surface area (Å²) in [6.07, 6.45) is 2.07. The van der Waals surface area contributed by atoms with Crippen LogP contribution in [0.25, 0.3) is 0 Å². The number of nitrogens with one attached hydrogen (secondary N) is 1. The van der Waals surface area contributed by atoms with Crippen molar-refractivity contribution >= 4 is 9.84 Å².